The number of nitrogens with zero attached hydrogens (tertiary/aromatic N) is 5. The Kier molecular flexibility index (Phi) is 5.37. The van der Waals surface area contributed by atoms with E-state index in [9.17, 15) is 9.32 Å². The molecule has 2 fully saturated rings. The van der Waals surface area contributed by atoms with Crippen molar-refractivity contribution in [2.75, 3.05) is 35.7 Å². The second-order valence-electron chi connectivity index (χ2n) is 8.39. The average Bonchev–Trinajstić information content (AvgIpc) is 3.12. The number of nitrogens with one attached hydrogen (secondary N) is 1. The molecule has 2 aromatic heterocycles. The summed E-state index contributed by atoms with van der Waals surface area (Å²) >= 11 is 5.90. The molecule has 5 rings (SSSR count). The summed E-state index contributed by atoms with van der Waals surface area (Å²) in [7, 11) is -1.08. The van der Waals surface area contributed by atoms with E-state index in [2.05, 4.69) is 20.2 Å². The molecule has 160 valence electrons. The number of anilines is 2. The summed E-state index contributed by atoms with van der Waals surface area (Å²) in [6.07, 6.45) is 8.71. The van der Waals surface area contributed by atoms with Crippen molar-refractivity contribution in [2.24, 2.45) is 0 Å². The Bertz CT molecular complexity index is 955. The van der Waals surface area contributed by atoms with Crippen LogP contribution < -0.4 is 10.2 Å². The third kappa shape index (κ3) is 3.67. The first-order valence-corrected chi connectivity index (χ1v) is 12.2. The van der Waals surface area contributed by atoms with Crippen LogP contribution in [0.1, 0.15) is 49.5 Å². The molecule has 0 aromatic carbocycles. The summed E-state index contributed by atoms with van der Waals surface area (Å²) < 4.78 is 12.6. The number of rotatable bonds is 5. The Morgan fingerprint density at radius 1 is 1.23 bits per heavy atom. The minimum absolute atomic E-state index is 0.0558. The molecular weight excluding hydrogens is 424 g/mol. The van der Waals surface area contributed by atoms with Gasteiger partial charge in [-0.2, -0.15) is 4.98 Å². The number of fused-ring (bicyclic) bond motifs is 1. The van der Waals surface area contributed by atoms with Crippen molar-refractivity contribution in [1.82, 2.24) is 19.9 Å². The molecule has 2 aromatic rings. The first kappa shape index (κ1) is 20.1. The molecule has 1 aliphatic carbocycles. The Labute approximate surface area is 183 Å². The van der Waals surface area contributed by atoms with E-state index < -0.39 is 10.8 Å². The maximum atomic E-state index is 12.6. The number of hydrogen-bond acceptors (Lipinski definition) is 8. The van der Waals surface area contributed by atoms with Crippen molar-refractivity contribution < 1.29 is 9.32 Å². The van der Waals surface area contributed by atoms with Gasteiger partial charge in [0.1, 0.15) is 16.5 Å². The van der Waals surface area contributed by atoms with Gasteiger partial charge in [0.15, 0.2) is 0 Å². The zero-order valence-electron chi connectivity index (χ0n) is 16.7. The number of aromatic nitrogens is 4. The fraction of sp³-hybridized carbons (Fsp3) is 0.600. The molecule has 8 nitrogen and oxygen atoms in total. The number of aliphatic hydroxyl groups excluding tert-OH is 1. The molecule has 0 unspecified atom stereocenters. The monoisotopic (exact) mass is 448 g/mol. The van der Waals surface area contributed by atoms with Gasteiger partial charge in [-0.25, -0.2) is 15.0 Å². The molecule has 0 amide bonds. The molecule has 30 heavy (non-hydrogen) atoms. The highest BCUT2D eigenvalue weighted by Crippen LogP contribution is 2.38. The van der Waals surface area contributed by atoms with Crippen molar-refractivity contribution >= 4 is 34.2 Å². The zero-order chi connectivity index (χ0) is 20.7. The van der Waals surface area contributed by atoms with Crippen LogP contribution in [-0.2, 0) is 17.2 Å². The molecule has 0 bridgehead atoms. The topological polar surface area (TPSA) is 104 Å². The van der Waals surface area contributed by atoms with E-state index in [-0.39, 0.29) is 12.1 Å². The lowest BCUT2D eigenvalue weighted by Crippen LogP contribution is -2.48. The fourth-order valence-electron chi connectivity index (χ4n) is 4.46. The van der Waals surface area contributed by atoms with E-state index in [1.54, 1.807) is 12.4 Å². The maximum Gasteiger partial charge on any atom is 0.227 e. The first-order chi connectivity index (χ1) is 14.6. The Morgan fingerprint density at radius 2 is 1.97 bits per heavy atom. The lowest BCUT2D eigenvalue weighted by atomic mass is 9.77. The normalized spacial score (nSPS) is 23.1. The SMILES string of the molecule is O=[S@@]1CCc2nc(N3CCC(c4ncc(Cl)cn4)CC3)nc(NC3(CO)CCC3)c21. The highest BCUT2D eigenvalue weighted by Gasteiger charge is 2.39. The van der Waals surface area contributed by atoms with Crippen LogP contribution >= 0.6 is 11.6 Å². The van der Waals surface area contributed by atoms with Crippen molar-refractivity contribution in [3.05, 3.63) is 28.9 Å². The molecule has 0 radical (unpaired) electrons. The van der Waals surface area contributed by atoms with E-state index in [4.69, 9.17) is 21.6 Å². The predicted octanol–water partition coefficient (Wildman–Crippen LogP) is 2.29. The van der Waals surface area contributed by atoms with Crippen LogP contribution in [0.5, 0.6) is 0 Å². The van der Waals surface area contributed by atoms with E-state index >= 15 is 0 Å². The van der Waals surface area contributed by atoms with E-state index in [0.29, 0.717) is 34.9 Å². The number of aliphatic hydroxyl groups is 1. The molecule has 10 heteroatoms. The first-order valence-electron chi connectivity index (χ1n) is 10.5. The molecule has 1 saturated heterocycles. The number of hydrogen-bond donors (Lipinski definition) is 2. The molecule has 2 N–H and O–H groups in total. The summed E-state index contributed by atoms with van der Waals surface area (Å²) in [6, 6.07) is 0. The second kappa shape index (κ2) is 8.01. The zero-order valence-corrected chi connectivity index (χ0v) is 18.3. The number of aryl methyl sites for hydroxylation is 1. The number of halogens is 1. The van der Waals surface area contributed by atoms with Gasteiger partial charge < -0.3 is 15.3 Å². The van der Waals surface area contributed by atoms with Gasteiger partial charge in [0.2, 0.25) is 5.95 Å². The Hall–Kier alpha value is -1.84. The van der Waals surface area contributed by atoms with E-state index in [1.807, 2.05) is 0 Å². The van der Waals surface area contributed by atoms with Gasteiger partial charge in [-0.1, -0.05) is 11.6 Å². The van der Waals surface area contributed by atoms with Crippen molar-refractivity contribution in [1.29, 1.82) is 0 Å². The van der Waals surface area contributed by atoms with Crippen LogP contribution in [-0.4, -0.2) is 60.2 Å². The maximum absolute atomic E-state index is 12.6. The van der Waals surface area contributed by atoms with Crippen molar-refractivity contribution in [2.45, 2.75) is 54.9 Å². The fourth-order valence-corrected chi connectivity index (χ4v) is 5.86. The highest BCUT2D eigenvalue weighted by molar-refractivity contribution is 7.85. The van der Waals surface area contributed by atoms with Crippen LogP contribution in [0, 0.1) is 0 Å². The van der Waals surface area contributed by atoms with Gasteiger partial charge >= 0.3 is 0 Å². The van der Waals surface area contributed by atoms with Crippen LogP contribution in [0.4, 0.5) is 11.8 Å². The molecule has 1 saturated carbocycles. The van der Waals surface area contributed by atoms with Gasteiger partial charge in [0.25, 0.3) is 0 Å². The molecular formula is C20H25ClN6O2S. The van der Waals surface area contributed by atoms with Crippen molar-refractivity contribution in [3.8, 4) is 0 Å². The van der Waals surface area contributed by atoms with Crippen LogP contribution in [0.2, 0.25) is 5.02 Å². The minimum Gasteiger partial charge on any atom is -0.394 e. The third-order valence-electron chi connectivity index (χ3n) is 6.46. The van der Waals surface area contributed by atoms with E-state index in [0.717, 1.165) is 61.6 Å². The van der Waals surface area contributed by atoms with Crippen LogP contribution in [0.25, 0.3) is 0 Å². The van der Waals surface area contributed by atoms with Gasteiger partial charge in [0.05, 0.1) is 33.7 Å². The average molecular weight is 449 g/mol. The lowest BCUT2D eigenvalue weighted by Gasteiger charge is -2.42. The van der Waals surface area contributed by atoms with Gasteiger partial charge in [-0.05, 0) is 32.1 Å². The molecule has 0 spiro atoms. The summed E-state index contributed by atoms with van der Waals surface area (Å²) in [5.74, 6) is 3.04. The van der Waals surface area contributed by atoms with Crippen LogP contribution in [0.15, 0.2) is 17.3 Å². The summed E-state index contributed by atoms with van der Waals surface area (Å²) in [6.45, 7) is 1.67. The Balaban J connectivity index is 1.37. The minimum atomic E-state index is -1.08. The summed E-state index contributed by atoms with van der Waals surface area (Å²) in [5, 5.41) is 13.9. The number of piperidine rings is 1. The predicted molar refractivity (Wildman–Crippen MR) is 116 cm³/mol. The quantitative estimate of drug-likeness (QED) is 0.718. The van der Waals surface area contributed by atoms with Gasteiger partial charge in [-0.3, -0.25) is 4.21 Å². The molecule has 3 aliphatic rings. The van der Waals surface area contributed by atoms with Gasteiger partial charge in [-0.15, -0.1) is 0 Å². The molecule has 2 aliphatic heterocycles. The smallest absolute Gasteiger partial charge is 0.227 e. The summed E-state index contributed by atoms with van der Waals surface area (Å²) in [4.78, 5) is 21.2. The highest BCUT2D eigenvalue weighted by atomic mass is 35.5. The second-order valence-corrected chi connectivity index (χ2v) is 10.3. The van der Waals surface area contributed by atoms with Crippen molar-refractivity contribution in [3.63, 3.8) is 0 Å². The molecule has 1 atom stereocenters. The molecule has 4 heterocycles. The third-order valence-corrected chi connectivity index (χ3v) is 8.11. The Morgan fingerprint density at radius 3 is 2.60 bits per heavy atom. The van der Waals surface area contributed by atoms with Crippen LogP contribution in [0.3, 0.4) is 0 Å². The van der Waals surface area contributed by atoms with Gasteiger partial charge in [0, 0.05) is 43.6 Å². The van der Waals surface area contributed by atoms with E-state index in [1.165, 1.54) is 0 Å². The summed E-state index contributed by atoms with van der Waals surface area (Å²) in [5.41, 5.74) is 0.530. The lowest BCUT2D eigenvalue weighted by molar-refractivity contribution is 0.143. The largest absolute Gasteiger partial charge is 0.394 e. The standard InChI is InChI=1S/C20H25ClN6O2S/c21-14-10-22-17(23-11-14)13-2-7-27(8-3-13)19-24-15-4-9-30(29)16(15)18(25-19)26-20(12-28)5-1-6-20/h10-11,13,28H,1-9,12H2,(H,24,25,26)/t30-/m1/s1.